The molecule has 1 heterocycles. The van der Waals surface area contributed by atoms with Crippen LogP contribution in [0.1, 0.15) is 110 Å². The first-order chi connectivity index (χ1) is 13.8. The van der Waals surface area contributed by atoms with E-state index in [9.17, 15) is 4.79 Å². The first kappa shape index (κ1) is 25.4. The van der Waals surface area contributed by atoms with Crippen molar-refractivity contribution in [2.75, 3.05) is 39.3 Å². The van der Waals surface area contributed by atoms with Gasteiger partial charge in [-0.2, -0.15) is 0 Å². The van der Waals surface area contributed by atoms with Crippen molar-refractivity contribution in [3.8, 4) is 0 Å². The van der Waals surface area contributed by atoms with Crippen LogP contribution >= 0.6 is 0 Å². The van der Waals surface area contributed by atoms with E-state index in [1.54, 1.807) is 0 Å². The third-order valence-electron chi connectivity index (χ3n) is 5.82. The molecule has 0 aliphatic carbocycles. The van der Waals surface area contributed by atoms with Crippen LogP contribution in [-0.2, 0) is 9.53 Å². The fourth-order valence-corrected chi connectivity index (χ4v) is 3.94. The van der Waals surface area contributed by atoms with Crippen LogP contribution in [0.4, 0.5) is 0 Å². The number of carbonyl (C=O) groups excluding carboxylic acids is 1. The SMILES string of the molecule is CCCCCCCCCCCCCCCOC(=O)CCNCCN1CCCC1. The fourth-order valence-electron chi connectivity index (χ4n) is 3.94. The molecule has 0 aromatic heterocycles. The van der Waals surface area contributed by atoms with E-state index < -0.39 is 0 Å². The van der Waals surface area contributed by atoms with E-state index >= 15 is 0 Å². The summed E-state index contributed by atoms with van der Waals surface area (Å²) in [5.41, 5.74) is 0. The summed E-state index contributed by atoms with van der Waals surface area (Å²) in [6, 6.07) is 0. The topological polar surface area (TPSA) is 41.6 Å². The average Bonchev–Trinajstić information content (AvgIpc) is 3.21. The van der Waals surface area contributed by atoms with Gasteiger partial charge in [-0.15, -0.1) is 0 Å². The molecule has 166 valence electrons. The van der Waals surface area contributed by atoms with Gasteiger partial charge in [0.2, 0.25) is 0 Å². The highest BCUT2D eigenvalue weighted by Gasteiger charge is 2.10. The van der Waals surface area contributed by atoms with Gasteiger partial charge in [0, 0.05) is 19.6 Å². The first-order valence-electron chi connectivity index (χ1n) is 12.4. The van der Waals surface area contributed by atoms with Gasteiger partial charge < -0.3 is 15.0 Å². The van der Waals surface area contributed by atoms with Crippen molar-refractivity contribution in [3.63, 3.8) is 0 Å². The molecule has 1 N–H and O–H groups in total. The van der Waals surface area contributed by atoms with Crippen LogP contribution in [0.2, 0.25) is 0 Å². The lowest BCUT2D eigenvalue weighted by Crippen LogP contribution is -2.31. The molecular weight excluding hydrogens is 348 g/mol. The van der Waals surface area contributed by atoms with Crippen LogP contribution in [-0.4, -0.2) is 50.2 Å². The number of carbonyl (C=O) groups is 1. The molecule has 1 saturated heterocycles. The van der Waals surface area contributed by atoms with Gasteiger partial charge >= 0.3 is 5.97 Å². The smallest absolute Gasteiger partial charge is 0.307 e. The maximum Gasteiger partial charge on any atom is 0.307 e. The van der Waals surface area contributed by atoms with Gasteiger partial charge in [-0.25, -0.2) is 0 Å². The number of esters is 1. The average molecular weight is 397 g/mol. The lowest BCUT2D eigenvalue weighted by atomic mass is 10.0. The number of rotatable bonds is 20. The highest BCUT2D eigenvalue weighted by molar-refractivity contribution is 5.69. The molecule has 0 bridgehead atoms. The minimum atomic E-state index is -0.0485. The monoisotopic (exact) mass is 396 g/mol. The second-order valence-electron chi connectivity index (χ2n) is 8.51. The highest BCUT2D eigenvalue weighted by atomic mass is 16.5. The van der Waals surface area contributed by atoms with Crippen LogP contribution in [0.5, 0.6) is 0 Å². The van der Waals surface area contributed by atoms with Crippen LogP contribution < -0.4 is 5.32 Å². The van der Waals surface area contributed by atoms with E-state index in [4.69, 9.17) is 4.74 Å². The molecule has 0 saturated carbocycles. The first-order valence-corrected chi connectivity index (χ1v) is 12.4. The number of hydrogen-bond acceptors (Lipinski definition) is 4. The molecule has 28 heavy (non-hydrogen) atoms. The van der Waals surface area contributed by atoms with E-state index in [-0.39, 0.29) is 5.97 Å². The van der Waals surface area contributed by atoms with E-state index in [0.29, 0.717) is 13.0 Å². The number of nitrogens with zero attached hydrogens (tertiary/aromatic N) is 1. The summed E-state index contributed by atoms with van der Waals surface area (Å²) >= 11 is 0. The van der Waals surface area contributed by atoms with Crippen molar-refractivity contribution >= 4 is 5.97 Å². The fraction of sp³-hybridized carbons (Fsp3) is 0.958. The summed E-state index contributed by atoms with van der Waals surface area (Å²) in [5, 5.41) is 3.35. The Labute approximate surface area is 175 Å². The Kier molecular flexibility index (Phi) is 17.9. The van der Waals surface area contributed by atoms with Crippen LogP contribution in [0, 0.1) is 0 Å². The third-order valence-corrected chi connectivity index (χ3v) is 5.82. The molecule has 0 radical (unpaired) electrons. The van der Waals surface area contributed by atoms with Gasteiger partial charge in [-0.3, -0.25) is 4.79 Å². The molecular formula is C24H48N2O2. The number of hydrogen-bond donors (Lipinski definition) is 1. The molecule has 0 unspecified atom stereocenters. The van der Waals surface area contributed by atoms with E-state index in [2.05, 4.69) is 17.1 Å². The quantitative estimate of drug-likeness (QED) is 0.212. The highest BCUT2D eigenvalue weighted by Crippen LogP contribution is 2.12. The van der Waals surface area contributed by atoms with Crippen molar-refractivity contribution < 1.29 is 9.53 Å². The maximum absolute atomic E-state index is 11.7. The van der Waals surface area contributed by atoms with Crippen molar-refractivity contribution in [1.29, 1.82) is 0 Å². The van der Waals surface area contributed by atoms with Gasteiger partial charge in [0.1, 0.15) is 0 Å². The molecule has 1 aliphatic heterocycles. The molecule has 4 nitrogen and oxygen atoms in total. The van der Waals surface area contributed by atoms with Gasteiger partial charge in [0.25, 0.3) is 0 Å². The Morgan fingerprint density at radius 1 is 0.786 bits per heavy atom. The van der Waals surface area contributed by atoms with E-state index in [1.807, 2.05) is 0 Å². The predicted molar refractivity (Wildman–Crippen MR) is 120 cm³/mol. The van der Waals surface area contributed by atoms with Gasteiger partial charge in [-0.1, -0.05) is 84.0 Å². The minimum absolute atomic E-state index is 0.0485. The molecule has 0 spiro atoms. The molecule has 1 fully saturated rings. The van der Waals surface area contributed by atoms with Crippen molar-refractivity contribution in [2.45, 2.75) is 110 Å². The summed E-state index contributed by atoms with van der Waals surface area (Å²) < 4.78 is 5.33. The Balaban J connectivity index is 1.70. The zero-order chi connectivity index (χ0) is 20.1. The number of unbranched alkanes of at least 4 members (excludes halogenated alkanes) is 12. The number of nitrogens with one attached hydrogen (secondary N) is 1. The Hall–Kier alpha value is -0.610. The Bertz CT molecular complexity index is 343. The molecule has 4 heteroatoms. The zero-order valence-corrected chi connectivity index (χ0v) is 18.8. The Morgan fingerprint density at radius 2 is 1.32 bits per heavy atom. The Morgan fingerprint density at radius 3 is 1.89 bits per heavy atom. The van der Waals surface area contributed by atoms with E-state index in [0.717, 1.165) is 26.1 Å². The van der Waals surface area contributed by atoms with Crippen LogP contribution in [0.15, 0.2) is 0 Å². The molecule has 0 atom stereocenters. The molecule has 0 amide bonds. The lowest BCUT2D eigenvalue weighted by Gasteiger charge is -2.14. The largest absolute Gasteiger partial charge is 0.466 e. The summed E-state index contributed by atoms with van der Waals surface area (Å²) in [7, 11) is 0. The molecule has 1 aliphatic rings. The van der Waals surface area contributed by atoms with Crippen molar-refractivity contribution in [1.82, 2.24) is 10.2 Å². The van der Waals surface area contributed by atoms with Crippen molar-refractivity contribution in [3.05, 3.63) is 0 Å². The van der Waals surface area contributed by atoms with Gasteiger partial charge in [0.05, 0.1) is 13.0 Å². The van der Waals surface area contributed by atoms with Gasteiger partial charge in [-0.05, 0) is 32.4 Å². The lowest BCUT2D eigenvalue weighted by molar-refractivity contribution is -0.143. The standard InChI is InChI=1S/C24H48N2O2/c1-2-3-4-5-6-7-8-9-10-11-12-13-16-23-28-24(27)17-18-25-19-22-26-20-14-15-21-26/h25H,2-23H2,1H3. The third kappa shape index (κ3) is 16.4. The van der Waals surface area contributed by atoms with Crippen molar-refractivity contribution in [2.24, 2.45) is 0 Å². The summed E-state index contributed by atoms with van der Waals surface area (Å²) in [6.45, 7) is 8.18. The van der Waals surface area contributed by atoms with Gasteiger partial charge in [0.15, 0.2) is 0 Å². The van der Waals surface area contributed by atoms with Crippen LogP contribution in [0.3, 0.4) is 0 Å². The molecule has 0 aromatic carbocycles. The summed E-state index contributed by atoms with van der Waals surface area (Å²) in [5.74, 6) is -0.0485. The normalized spacial score (nSPS) is 14.6. The summed E-state index contributed by atoms with van der Waals surface area (Å²) in [6.07, 6.45) is 20.7. The second kappa shape index (κ2) is 19.7. The molecule has 1 rings (SSSR count). The zero-order valence-electron chi connectivity index (χ0n) is 18.8. The maximum atomic E-state index is 11.7. The number of likely N-dealkylation sites (tertiary alicyclic amines) is 1. The van der Waals surface area contributed by atoms with E-state index in [1.165, 1.54) is 103 Å². The predicted octanol–water partition coefficient (Wildman–Crippen LogP) is 5.70. The second-order valence-corrected chi connectivity index (χ2v) is 8.51. The number of ether oxygens (including phenoxy) is 1. The summed E-state index contributed by atoms with van der Waals surface area (Å²) in [4.78, 5) is 14.2. The van der Waals surface area contributed by atoms with Crippen LogP contribution in [0.25, 0.3) is 0 Å². The minimum Gasteiger partial charge on any atom is -0.466 e. The molecule has 0 aromatic rings.